The molecule has 0 amide bonds. The van der Waals surface area contributed by atoms with Crippen molar-refractivity contribution in [2.24, 2.45) is 0 Å². The summed E-state index contributed by atoms with van der Waals surface area (Å²) in [5.41, 5.74) is -0.289. The Labute approximate surface area is 124 Å². The Bertz CT molecular complexity index is 462. The van der Waals surface area contributed by atoms with Gasteiger partial charge in [0.15, 0.2) is 17.2 Å². The molecule has 0 bridgehead atoms. The van der Waals surface area contributed by atoms with E-state index in [2.05, 4.69) is 0 Å². The van der Waals surface area contributed by atoms with E-state index in [1.807, 2.05) is 0 Å². The Kier molecular flexibility index (Phi) is 12.0. The predicted octanol–water partition coefficient (Wildman–Crippen LogP) is 0.0209. The Balaban J connectivity index is -0.000000304. The van der Waals surface area contributed by atoms with Crippen molar-refractivity contribution in [2.45, 2.75) is 0 Å². The van der Waals surface area contributed by atoms with Crippen LogP contribution < -0.4 is 0 Å². The summed E-state index contributed by atoms with van der Waals surface area (Å²) in [5, 5.41) is 64.5. The van der Waals surface area contributed by atoms with Crippen LogP contribution in [0.25, 0.3) is 0 Å². The van der Waals surface area contributed by atoms with Gasteiger partial charge in [0, 0.05) is 0 Å². The average molecular weight is 353 g/mol. The van der Waals surface area contributed by atoms with E-state index in [1.165, 1.54) is 0 Å². The zero-order valence-corrected chi connectivity index (χ0v) is 10.6. The Morgan fingerprint density at radius 3 is 1.33 bits per heavy atom. The van der Waals surface area contributed by atoms with E-state index in [0.717, 1.165) is 12.1 Å². The summed E-state index contributed by atoms with van der Waals surface area (Å²) in [7, 11) is 0. The molecule has 1 rings (SSSR count). The number of benzene rings is 1. The molecular weight excluding hydrogens is 347 g/mol. The molecule has 0 saturated heterocycles. The van der Waals surface area contributed by atoms with Gasteiger partial charge in [-0.05, 0) is 12.1 Å². The molecule has 1 radical (unpaired) electrons. The molecule has 0 aliphatic heterocycles. The average Bonchev–Trinajstić information content (AvgIpc) is 2.23. The molecule has 1 aromatic rings. The smallest absolute Gasteiger partial charge is 0.504 e. The zero-order chi connectivity index (χ0) is 16.5. The molecule has 0 heterocycles. The first-order chi connectivity index (χ1) is 8.98. The number of hydrogen-bond acceptors (Lipinski definition) is 10. The first kappa shape index (κ1) is 23.1. The summed E-state index contributed by atoms with van der Waals surface area (Å²) >= 11 is 0. The maximum atomic E-state index is 10.3. The van der Waals surface area contributed by atoms with Crippen LogP contribution >= 0.6 is 0 Å². The number of aromatic hydroxyl groups is 3. The van der Waals surface area contributed by atoms with Crippen molar-refractivity contribution in [3.05, 3.63) is 48.3 Å². The number of nitrogens with zero attached hydrogens (tertiary/aromatic N) is 2. The maximum absolute atomic E-state index is 10.3. The van der Waals surface area contributed by atoms with Gasteiger partial charge in [0.2, 0.25) is 0 Å². The fourth-order valence-electron chi connectivity index (χ4n) is 0.728. The van der Waals surface area contributed by atoms with E-state index in [-0.39, 0.29) is 22.3 Å². The third kappa shape index (κ3) is 13.2. The molecule has 0 aliphatic carbocycles. The maximum Gasteiger partial charge on any atom is 2.00 e. The minimum absolute atomic E-state index is 0. The Morgan fingerprint density at radius 1 is 0.905 bits per heavy atom. The Morgan fingerprint density at radius 2 is 1.14 bits per heavy atom. The summed E-state index contributed by atoms with van der Waals surface area (Å²) in [6.45, 7) is 0. The van der Waals surface area contributed by atoms with Crippen molar-refractivity contribution >= 4 is 5.97 Å². The molecule has 0 spiro atoms. The summed E-state index contributed by atoms with van der Waals surface area (Å²) in [6.07, 6.45) is 0. The van der Waals surface area contributed by atoms with E-state index < -0.39 is 33.4 Å². The number of carbonyl (C=O) groups is 1. The predicted molar refractivity (Wildman–Crippen MR) is 59.1 cm³/mol. The fourth-order valence-corrected chi connectivity index (χ4v) is 0.728. The number of phenolic OH excluding ortho intramolecular Hbond substituents is 3. The van der Waals surface area contributed by atoms with Crippen molar-refractivity contribution in [3.63, 3.8) is 0 Å². The first-order valence-electron chi connectivity index (χ1n) is 4.10. The molecular formula is C7H6CoN2O11. The molecule has 21 heavy (non-hydrogen) atoms. The monoisotopic (exact) mass is 353 g/mol. The molecule has 13 nitrogen and oxygen atoms in total. The van der Waals surface area contributed by atoms with Crippen molar-refractivity contribution in [1.29, 1.82) is 0 Å². The summed E-state index contributed by atoms with van der Waals surface area (Å²) < 4.78 is 0. The second-order valence-corrected chi connectivity index (χ2v) is 2.62. The van der Waals surface area contributed by atoms with Crippen LogP contribution in [0.5, 0.6) is 17.2 Å². The van der Waals surface area contributed by atoms with Gasteiger partial charge in [-0.2, -0.15) is 0 Å². The molecule has 0 unspecified atom stereocenters. The van der Waals surface area contributed by atoms with Gasteiger partial charge in [-0.3, -0.25) is 0 Å². The molecule has 0 fully saturated rings. The van der Waals surface area contributed by atoms with Gasteiger partial charge < -0.3 is 51.1 Å². The summed E-state index contributed by atoms with van der Waals surface area (Å²) in [6, 6.07) is 1.69. The van der Waals surface area contributed by atoms with E-state index in [0.29, 0.717) is 0 Å². The van der Waals surface area contributed by atoms with Crippen molar-refractivity contribution < 1.29 is 52.2 Å². The zero-order valence-electron chi connectivity index (χ0n) is 9.53. The summed E-state index contributed by atoms with van der Waals surface area (Å²) in [5.74, 6) is -3.33. The molecule has 0 atom stereocenters. The van der Waals surface area contributed by atoms with E-state index >= 15 is 0 Å². The van der Waals surface area contributed by atoms with Crippen LogP contribution in [0, 0.1) is 30.6 Å². The Hall–Kier alpha value is -3.00. The number of rotatable bonds is 1. The van der Waals surface area contributed by atoms with Crippen LogP contribution in [0.4, 0.5) is 0 Å². The quantitative estimate of drug-likeness (QED) is 0.298. The number of hydrogen-bond donors (Lipinski definition) is 4. The van der Waals surface area contributed by atoms with Gasteiger partial charge in [-0.15, -0.1) is 0 Å². The SMILES string of the molecule is O=C(O)c1cc(O)c(O)c(O)c1.O=[N+]([O-])[O-].O=[N+]([O-])[O-].[Co+2]. The van der Waals surface area contributed by atoms with E-state index in [1.54, 1.807) is 0 Å². The topological polar surface area (TPSA) is 230 Å². The van der Waals surface area contributed by atoms with Crippen LogP contribution in [-0.2, 0) is 16.8 Å². The molecule has 0 saturated carbocycles. The number of carboxylic acids is 1. The van der Waals surface area contributed by atoms with Crippen molar-refractivity contribution in [1.82, 2.24) is 0 Å². The molecule has 1 aromatic carbocycles. The van der Waals surface area contributed by atoms with Gasteiger partial charge in [0.05, 0.1) is 15.7 Å². The van der Waals surface area contributed by atoms with E-state index in [9.17, 15) is 4.79 Å². The molecule has 0 aliphatic rings. The van der Waals surface area contributed by atoms with Crippen LogP contribution in [0.3, 0.4) is 0 Å². The second-order valence-electron chi connectivity index (χ2n) is 2.62. The van der Waals surface area contributed by atoms with Crippen LogP contribution in [0.2, 0.25) is 0 Å². The van der Waals surface area contributed by atoms with Crippen LogP contribution in [0.15, 0.2) is 12.1 Å². The number of phenols is 3. The standard InChI is InChI=1S/C7H6O5.Co.2NO3/c8-4-1-3(7(11)12)2-5(9)6(4)10;;2*2-1(3)4/h1-2,8-10H,(H,11,12);;;/q;+2;2*-1. The van der Waals surface area contributed by atoms with Crippen molar-refractivity contribution in [3.8, 4) is 17.2 Å². The molecule has 119 valence electrons. The minimum atomic E-state index is -1.75. The summed E-state index contributed by atoms with van der Waals surface area (Å²) in [4.78, 5) is 26.8. The minimum Gasteiger partial charge on any atom is -0.504 e. The number of aromatic carboxylic acids is 1. The van der Waals surface area contributed by atoms with Gasteiger partial charge in [-0.25, -0.2) is 4.79 Å². The third-order valence-electron chi connectivity index (χ3n) is 1.32. The molecule has 0 aromatic heterocycles. The fraction of sp³-hybridized carbons (Fsp3) is 0. The second kappa shape index (κ2) is 10.9. The van der Waals surface area contributed by atoms with Crippen LogP contribution in [-0.4, -0.2) is 36.6 Å². The first-order valence-corrected chi connectivity index (χ1v) is 4.10. The molecule has 14 heteroatoms. The molecule has 4 N–H and O–H groups in total. The third-order valence-corrected chi connectivity index (χ3v) is 1.32. The van der Waals surface area contributed by atoms with E-state index in [4.69, 9.17) is 51.1 Å². The largest absolute Gasteiger partial charge is 2.00 e. The van der Waals surface area contributed by atoms with Gasteiger partial charge in [0.25, 0.3) is 0 Å². The van der Waals surface area contributed by atoms with Crippen molar-refractivity contribution in [2.75, 3.05) is 0 Å². The van der Waals surface area contributed by atoms with Gasteiger partial charge in [0.1, 0.15) is 0 Å². The van der Waals surface area contributed by atoms with Gasteiger partial charge >= 0.3 is 22.7 Å². The van der Waals surface area contributed by atoms with Crippen LogP contribution in [0.1, 0.15) is 10.4 Å². The number of carboxylic acid groups (broad SMARTS) is 1. The normalized spacial score (nSPS) is 7.81. The van der Waals surface area contributed by atoms with Gasteiger partial charge in [-0.1, -0.05) is 0 Å².